The summed E-state index contributed by atoms with van der Waals surface area (Å²) in [6, 6.07) is 1.41. The van der Waals surface area contributed by atoms with Gasteiger partial charge < -0.3 is 0 Å². The molecule has 2 radical (unpaired) electrons. The van der Waals surface area contributed by atoms with Crippen LogP contribution in [-0.4, -0.2) is 12.1 Å². The summed E-state index contributed by atoms with van der Waals surface area (Å²) in [5.41, 5.74) is 0. The van der Waals surface area contributed by atoms with Gasteiger partial charge in [-0.15, -0.1) is 0 Å². The lowest BCUT2D eigenvalue weighted by Crippen LogP contribution is -2.08. The third kappa shape index (κ3) is 0.480. The van der Waals surface area contributed by atoms with Crippen molar-refractivity contribution < 1.29 is 0 Å². The van der Waals surface area contributed by atoms with Crippen molar-refractivity contribution >= 4 is 0 Å². The highest BCUT2D eigenvalue weighted by Crippen LogP contribution is 2.28. The topological polar surface area (TPSA) is 14.1 Å². The fraction of sp³-hybridized carbons (Fsp3) is 0.833. The van der Waals surface area contributed by atoms with Crippen molar-refractivity contribution in [2.24, 2.45) is 0 Å². The summed E-state index contributed by atoms with van der Waals surface area (Å²) >= 11 is 0. The molecule has 2 rings (SSSR count). The van der Waals surface area contributed by atoms with Gasteiger partial charge in [0.15, 0.2) is 0 Å². The smallest absolute Gasteiger partial charge is 0.0281 e. The lowest BCUT2D eigenvalue weighted by atomic mass is 10.0. The molecular formula is C6H9N. The maximum Gasteiger partial charge on any atom is 0.0281 e. The van der Waals surface area contributed by atoms with Gasteiger partial charge in [-0.05, 0) is 25.7 Å². The third-order valence-electron chi connectivity index (χ3n) is 1.88. The summed E-state index contributed by atoms with van der Waals surface area (Å²) in [6.45, 7) is 0. The van der Waals surface area contributed by atoms with Crippen LogP contribution < -0.4 is 5.32 Å². The maximum atomic E-state index is 4.44. The Morgan fingerprint density at radius 3 is 2.57 bits per heavy atom. The molecule has 2 unspecified atom stereocenters. The van der Waals surface area contributed by atoms with Crippen LogP contribution in [0.25, 0.3) is 0 Å². The predicted molar refractivity (Wildman–Crippen MR) is 27.9 cm³/mol. The van der Waals surface area contributed by atoms with Crippen LogP contribution >= 0.6 is 0 Å². The quantitative estimate of drug-likeness (QED) is 0.421. The van der Waals surface area contributed by atoms with E-state index in [1.165, 1.54) is 19.3 Å². The molecule has 1 heteroatoms. The van der Waals surface area contributed by atoms with E-state index in [0.717, 1.165) is 6.04 Å². The summed E-state index contributed by atoms with van der Waals surface area (Å²) in [5, 5.41) is 4.44. The molecule has 0 aliphatic carbocycles. The molecule has 0 N–H and O–H groups in total. The van der Waals surface area contributed by atoms with E-state index in [1.54, 1.807) is 0 Å². The summed E-state index contributed by atoms with van der Waals surface area (Å²) in [5.74, 6) is 0. The van der Waals surface area contributed by atoms with Crippen molar-refractivity contribution in [3.05, 3.63) is 6.42 Å². The average molecular weight is 95.1 g/mol. The molecule has 1 nitrogen and oxygen atoms in total. The molecule has 2 aliphatic rings. The highest BCUT2D eigenvalue weighted by atomic mass is 15.0. The average Bonchev–Trinajstić information content (AvgIpc) is 2.22. The maximum absolute atomic E-state index is 4.44. The predicted octanol–water partition coefficient (Wildman–Crippen LogP) is 0.730. The van der Waals surface area contributed by atoms with Crippen LogP contribution in [0.1, 0.15) is 19.3 Å². The zero-order chi connectivity index (χ0) is 4.69. The van der Waals surface area contributed by atoms with Crippen LogP contribution in [0.3, 0.4) is 0 Å². The molecule has 2 fully saturated rings. The summed E-state index contributed by atoms with van der Waals surface area (Å²) in [6.07, 6.45) is 6.31. The van der Waals surface area contributed by atoms with Crippen LogP contribution in [0.5, 0.6) is 0 Å². The van der Waals surface area contributed by atoms with E-state index < -0.39 is 0 Å². The molecule has 0 aromatic rings. The summed E-state index contributed by atoms with van der Waals surface area (Å²) < 4.78 is 0. The molecule has 38 valence electrons. The molecule has 2 aliphatic heterocycles. The Morgan fingerprint density at radius 2 is 2.43 bits per heavy atom. The minimum Gasteiger partial charge on any atom is -0.235 e. The fourth-order valence-corrected chi connectivity index (χ4v) is 1.45. The molecule has 0 saturated carbocycles. The van der Waals surface area contributed by atoms with Crippen LogP contribution in [0.4, 0.5) is 0 Å². The number of rotatable bonds is 0. The number of hydrogen-bond acceptors (Lipinski definition) is 0. The highest BCUT2D eigenvalue weighted by Gasteiger charge is 2.31. The van der Waals surface area contributed by atoms with Crippen molar-refractivity contribution in [2.75, 3.05) is 0 Å². The second-order valence-electron chi connectivity index (χ2n) is 2.42. The third-order valence-corrected chi connectivity index (χ3v) is 1.88. The van der Waals surface area contributed by atoms with Gasteiger partial charge in [0.2, 0.25) is 0 Å². The molecule has 2 atom stereocenters. The molecule has 2 heterocycles. The van der Waals surface area contributed by atoms with E-state index in [9.17, 15) is 0 Å². The first-order valence-corrected chi connectivity index (χ1v) is 2.98. The van der Waals surface area contributed by atoms with Gasteiger partial charge in [0.1, 0.15) is 0 Å². The largest absolute Gasteiger partial charge is 0.235 e. The van der Waals surface area contributed by atoms with E-state index >= 15 is 0 Å². The van der Waals surface area contributed by atoms with Gasteiger partial charge in [-0.2, -0.15) is 0 Å². The SMILES string of the molecule is [CH]1CC2CCC1[N]2. The molecular weight excluding hydrogens is 86.1 g/mol. The van der Waals surface area contributed by atoms with Crippen molar-refractivity contribution in [1.29, 1.82) is 0 Å². The second-order valence-corrected chi connectivity index (χ2v) is 2.42. The van der Waals surface area contributed by atoms with Gasteiger partial charge in [-0.25, -0.2) is 5.32 Å². The minimum atomic E-state index is 0.671. The summed E-state index contributed by atoms with van der Waals surface area (Å²) in [7, 11) is 0. The Bertz CT molecular complexity index is 62.2. The molecule has 2 bridgehead atoms. The van der Waals surface area contributed by atoms with E-state index in [-0.39, 0.29) is 0 Å². The van der Waals surface area contributed by atoms with E-state index in [4.69, 9.17) is 0 Å². The molecule has 0 amide bonds. The minimum absolute atomic E-state index is 0.671. The van der Waals surface area contributed by atoms with Gasteiger partial charge >= 0.3 is 0 Å². The lowest BCUT2D eigenvalue weighted by molar-refractivity contribution is 0.638. The summed E-state index contributed by atoms with van der Waals surface area (Å²) in [4.78, 5) is 0. The van der Waals surface area contributed by atoms with Crippen LogP contribution in [0.15, 0.2) is 0 Å². The van der Waals surface area contributed by atoms with Gasteiger partial charge in [-0.3, -0.25) is 0 Å². The van der Waals surface area contributed by atoms with Crippen molar-refractivity contribution in [3.8, 4) is 0 Å². The van der Waals surface area contributed by atoms with E-state index in [1.807, 2.05) is 0 Å². The fourth-order valence-electron chi connectivity index (χ4n) is 1.45. The van der Waals surface area contributed by atoms with Crippen LogP contribution in [-0.2, 0) is 0 Å². The highest BCUT2D eigenvalue weighted by molar-refractivity contribution is 5.01. The van der Waals surface area contributed by atoms with Crippen LogP contribution in [0, 0.1) is 6.42 Å². The normalized spacial score (nSPS) is 48.0. The Labute approximate surface area is 44.1 Å². The first-order valence-electron chi connectivity index (χ1n) is 2.98. The van der Waals surface area contributed by atoms with Crippen molar-refractivity contribution in [2.45, 2.75) is 31.3 Å². The van der Waals surface area contributed by atoms with Gasteiger partial charge in [0.25, 0.3) is 0 Å². The van der Waals surface area contributed by atoms with Gasteiger partial charge in [0.05, 0.1) is 0 Å². The zero-order valence-electron chi connectivity index (χ0n) is 4.30. The lowest BCUT2D eigenvalue weighted by Gasteiger charge is -2.01. The number of nitrogens with zero attached hydrogens (tertiary/aromatic N) is 1. The van der Waals surface area contributed by atoms with Gasteiger partial charge in [0, 0.05) is 12.1 Å². The van der Waals surface area contributed by atoms with Crippen molar-refractivity contribution in [3.63, 3.8) is 0 Å². The Hall–Kier alpha value is -0.0400. The first kappa shape index (κ1) is 3.90. The Kier molecular flexibility index (Phi) is 0.680. The van der Waals surface area contributed by atoms with E-state index in [2.05, 4.69) is 11.7 Å². The molecule has 0 aromatic heterocycles. The number of hydrogen-bond donors (Lipinski definition) is 0. The standard InChI is InChI=1S/C6H9N/c1-2-6-4-3-5(1)7-6/h1,5-6H,2-4H2. The molecule has 0 spiro atoms. The van der Waals surface area contributed by atoms with Crippen molar-refractivity contribution in [1.82, 2.24) is 5.32 Å². The monoisotopic (exact) mass is 95.1 g/mol. The van der Waals surface area contributed by atoms with Crippen LogP contribution in [0.2, 0.25) is 0 Å². The second kappa shape index (κ2) is 1.22. The first-order chi connectivity index (χ1) is 3.45. The molecule has 7 heavy (non-hydrogen) atoms. The Morgan fingerprint density at radius 1 is 1.43 bits per heavy atom. The Balaban J connectivity index is 2.12. The zero-order valence-corrected chi connectivity index (χ0v) is 4.30. The number of fused-ring (bicyclic) bond motifs is 2. The molecule has 2 saturated heterocycles. The molecule has 0 aromatic carbocycles. The van der Waals surface area contributed by atoms with E-state index in [0.29, 0.717) is 6.04 Å². The van der Waals surface area contributed by atoms with Gasteiger partial charge in [-0.1, -0.05) is 0 Å².